The summed E-state index contributed by atoms with van der Waals surface area (Å²) in [6.45, 7) is 8.39. The highest BCUT2D eigenvalue weighted by molar-refractivity contribution is 5.28. The lowest BCUT2D eigenvalue weighted by Crippen LogP contribution is -2.28. The third-order valence-electron chi connectivity index (χ3n) is 3.40. The van der Waals surface area contributed by atoms with Crippen LogP contribution in [0.5, 0.6) is 0 Å². The normalized spacial score (nSPS) is 12.4. The van der Waals surface area contributed by atoms with Gasteiger partial charge in [0.1, 0.15) is 6.04 Å². The van der Waals surface area contributed by atoms with Crippen LogP contribution in [-0.4, -0.2) is 18.0 Å². The highest BCUT2D eigenvalue weighted by Crippen LogP contribution is 2.21. The van der Waals surface area contributed by atoms with Gasteiger partial charge in [-0.15, -0.1) is 0 Å². The van der Waals surface area contributed by atoms with Gasteiger partial charge in [-0.2, -0.15) is 5.26 Å². The average Bonchev–Trinajstić information content (AvgIpc) is 2.43. The molecule has 1 aromatic rings. The number of nitriles is 1. The first kappa shape index (κ1) is 14.7. The van der Waals surface area contributed by atoms with E-state index in [1.54, 1.807) is 0 Å². The molecular weight excluding hydrogens is 220 g/mol. The summed E-state index contributed by atoms with van der Waals surface area (Å²) in [5.41, 5.74) is 2.44. The predicted octanol–water partition coefficient (Wildman–Crippen LogP) is 3.94. The third kappa shape index (κ3) is 3.85. The summed E-state index contributed by atoms with van der Waals surface area (Å²) >= 11 is 0. The van der Waals surface area contributed by atoms with Gasteiger partial charge in [-0.3, -0.25) is 4.90 Å². The second-order valence-corrected chi connectivity index (χ2v) is 4.61. The van der Waals surface area contributed by atoms with Crippen molar-refractivity contribution in [3.05, 3.63) is 35.4 Å². The molecule has 0 aromatic heterocycles. The molecule has 1 rings (SSSR count). The highest BCUT2D eigenvalue weighted by atomic mass is 15.1. The van der Waals surface area contributed by atoms with Crippen molar-refractivity contribution in [3.8, 4) is 6.07 Å². The minimum absolute atomic E-state index is 0.104. The molecule has 0 N–H and O–H groups in total. The molecule has 0 heterocycles. The maximum absolute atomic E-state index is 9.42. The summed E-state index contributed by atoms with van der Waals surface area (Å²) in [6.07, 6.45) is 3.37. The van der Waals surface area contributed by atoms with E-state index in [-0.39, 0.29) is 6.04 Å². The minimum Gasteiger partial charge on any atom is -0.285 e. The number of hydrogen-bond donors (Lipinski definition) is 0. The Kier molecular flexibility index (Phi) is 6.46. The Morgan fingerprint density at radius 2 is 1.83 bits per heavy atom. The quantitative estimate of drug-likeness (QED) is 0.726. The van der Waals surface area contributed by atoms with E-state index in [4.69, 9.17) is 0 Å². The van der Waals surface area contributed by atoms with E-state index in [0.717, 1.165) is 31.5 Å². The van der Waals surface area contributed by atoms with Gasteiger partial charge in [0.2, 0.25) is 0 Å². The van der Waals surface area contributed by atoms with E-state index in [9.17, 15) is 5.26 Å². The summed E-state index contributed by atoms with van der Waals surface area (Å²) < 4.78 is 0. The molecule has 2 heteroatoms. The molecule has 1 atom stereocenters. The molecule has 0 bridgehead atoms. The molecule has 0 saturated heterocycles. The van der Waals surface area contributed by atoms with Gasteiger partial charge in [0.15, 0.2) is 0 Å². The zero-order chi connectivity index (χ0) is 13.4. The molecule has 0 spiro atoms. The lowest BCUT2D eigenvalue weighted by Gasteiger charge is -2.25. The lowest BCUT2D eigenvalue weighted by molar-refractivity contribution is 0.245. The van der Waals surface area contributed by atoms with Gasteiger partial charge in [0.05, 0.1) is 6.07 Å². The van der Waals surface area contributed by atoms with Gasteiger partial charge in [0.25, 0.3) is 0 Å². The van der Waals surface area contributed by atoms with E-state index < -0.39 is 0 Å². The Morgan fingerprint density at radius 1 is 1.17 bits per heavy atom. The van der Waals surface area contributed by atoms with Crippen molar-refractivity contribution in [3.63, 3.8) is 0 Å². The summed E-state index contributed by atoms with van der Waals surface area (Å²) in [6, 6.07) is 10.8. The fourth-order valence-electron chi connectivity index (χ4n) is 2.13. The molecule has 0 aliphatic heterocycles. The smallest absolute Gasteiger partial charge is 0.123 e. The zero-order valence-corrected chi connectivity index (χ0v) is 11.8. The van der Waals surface area contributed by atoms with Crippen LogP contribution < -0.4 is 0 Å². The van der Waals surface area contributed by atoms with E-state index in [1.165, 1.54) is 12.0 Å². The van der Waals surface area contributed by atoms with Gasteiger partial charge in [-0.25, -0.2) is 0 Å². The largest absolute Gasteiger partial charge is 0.285 e. The zero-order valence-electron chi connectivity index (χ0n) is 11.8. The highest BCUT2D eigenvalue weighted by Gasteiger charge is 2.17. The first-order chi connectivity index (χ1) is 8.76. The van der Waals surface area contributed by atoms with E-state index in [1.807, 2.05) is 0 Å². The fourth-order valence-corrected chi connectivity index (χ4v) is 2.13. The molecule has 0 aliphatic rings. The van der Waals surface area contributed by atoms with Crippen molar-refractivity contribution >= 4 is 0 Å². The number of unbranched alkanes of at least 4 members (excludes halogenated alkanes) is 1. The molecule has 0 fully saturated rings. The van der Waals surface area contributed by atoms with Crippen molar-refractivity contribution in [2.24, 2.45) is 0 Å². The first-order valence-electron chi connectivity index (χ1n) is 6.99. The Bertz CT molecular complexity index is 375. The van der Waals surface area contributed by atoms with Crippen molar-refractivity contribution < 1.29 is 0 Å². The van der Waals surface area contributed by atoms with Crippen LogP contribution in [0.4, 0.5) is 0 Å². The first-order valence-corrected chi connectivity index (χ1v) is 6.99. The molecule has 1 unspecified atom stereocenters. The standard InChI is InChI=1S/C16H24N2/c1-4-7-12-18(6-3)16(13-17)15-10-8-14(5-2)9-11-15/h8-11,16H,4-7,12H2,1-3H3. The maximum Gasteiger partial charge on any atom is 0.123 e. The van der Waals surface area contributed by atoms with Crippen LogP contribution in [-0.2, 0) is 6.42 Å². The molecule has 1 aromatic carbocycles. The Hall–Kier alpha value is -1.33. The average molecular weight is 244 g/mol. The van der Waals surface area contributed by atoms with Gasteiger partial charge in [0, 0.05) is 0 Å². The van der Waals surface area contributed by atoms with Crippen molar-refractivity contribution in [1.29, 1.82) is 5.26 Å². The molecule has 0 radical (unpaired) electrons. The van der Waals surface area contributed by atoms with Crippen molar-refractivity contribution in [1.82, 2.24) is 4.90 Å². The van der Waals surface area contributed by atoms with Crippen LogP contribution >= 0.6 is 0 Å². The van der Waals surface area contributed by atoms with Crippen LogP contribution in [0.15, 0.2) is 24.3 Å². The van der Waals surface area contributed by atoms with Crippen LogP contribution in [0.2, 0.25) is 0 Å². The number of nitrogens with zero attached hydrogens (tertiary/aromatic N) is 2. The van der Waals surface area contributed by atoms with E-state index >= 15 is 0 Å². The van der Waals surface area contributed by atoms with E-state index in [2.05, 4.69) is 56.0 Å². The van der Waals surface area contributed by atoms with Crippen LogP contribution in [0.1, 0.15) is 50.8 Å². The van der Waals surface area contributed by atoms with Gasteiger partial charge >= 0.3 is 0 Å². The fraction of sp³-hybridized carbons (Fsp3) is 0.562. The van der Waals surface area contributed by atoms with Gasteiger partial charge < -0.3 is 0 Å². The molecule has 0 amide bonds. The topological polar surface area (TPSA) is 27.0 Å². The number of hydrogen-bond acceptors (Lipinski definition) is 2. The summed E-state index contributed by atoms with van der Waals surface area (Å²) in [4.78, 5) is 2.25. The van der Waals surface area contributed by atoms with E-state index in [0.29, 0.717) is 0 Å². The Balaban J connectivity index is 2.82. The second-order valence-electron chi connectivity index (χ2n) is 4.61. The Labute approximate surface area is 111 Å². The number of aryl methyl sites for hydroxylation is 1. The molecule has 2 nitrogen and oxygen atoms in total. The Morgan fingerprint density at radius 3 is 2.28 bits per heavy atom. The molecule has 18 heavy (non-hydrogen) atoms. The SMILES string of the molecule is CCCCN(CC)C(C#N)c1ccc(CC)cc1. The van der Waals surface area contributed by atoms with Crippen molar-refractivity contribution in [2.45, 2.75) is 46.1 Å². The second kappa shape index (κ2) is 7.89. The summed E-state index contributed by atoms with van der Waals surface area (Å²) in [5.74, 6) is 0. The summed E-state index contributed by atoms with van der Waals surface area (Å²) in [7, 11) is 0. The molecular formula is C16H24N2. The maximum atomic E-state index is 9.42. The molecule has 0 aliphatic carbocycles. The van der Waals surface area contributed by atoms with Crippen LogP contribution in [0, 0.1) is 11.3 Å². The van der Waals surface area contributed by atoms with Crippen LogP contribution in [0.3, 0.4) is 0 Å². The predicted molar refractivity (Wildman–Crippen MR) is 76.3 cm³/mol. The molecule has 98 valence electrons. The lowest BCUT2D eigenvalue weighted by atomic mass is 10.0. The number of benzene rings is 1. The summed E-state index contributed by atoms with van der Waals surface area (Å²) in [5, 5.41) is 9.42. The minimum atomic E-state index is -0.104. The van der Waals surface area contributed by atoms with Gasteiger partial charge in [-0.05, 0) is 37.1 Å². The number of rotatable bonds is 7. The van der Waals surface area contributed by atoms with Gasteiger partial charge in [-0.1, -0.05) is 51.5 Å². The van der Waals surface area contributed by atoms with Crippen LogP contribution in [0.25, 0.3) is 0 Å². The third-order valence-corrected chi connectivity index (χ3v) is 3.40. The monoisotopic (exact) mass is 244 g/mol. The van der Waals surface area contributed by atoms with Crippen molar-refractivity contribution in [2.75, 3.05) is 13.1 Å². The molecule has 0 saturated carbocycles.